The number of halogens is 1. The Kier molecular flexibility index (Phi) is 3.95. The highest BCUT2D eigenvalue weighted by Gasteiger charge is 2.29. The van der Waals surface area contributed by atoms with Gasteiger partial charge in [-0.1, -0.05) is 30.3 Å². The topological polar surface area (TPSA) is 65.5 Å². The van der Waals surface area contributed by atoms with Gasteiger partial charge in [0.05, 0.1) is 12.3 Å². The molecule has 0 aliphatic carbocycles. The first-order valence-corrected chi connectivity index (χ1v) is 5.71. The fourth-order valence-corrected chi connectivity index (χ4v) is 1.66. The number of nitrogens with zero attached hydrogens (tertiary/aromatic N) is 1. The second kappa shape index (κ2) is 5.65. The minimum Gasteiger partial charge on any atom is -0.304 e. The number of hydrazine groups is 1. The van der Waals surface area contributed by atoms with Gasteiger partial charge in [-0.15, -0.1) is 11.6 Å². The number of benzene rings is 1. The number of hydrazone groups is 1. The van der Waals surface area contributed by atoms with E-state index in [1.165, 1.54) is 0 Å². The number of hydrogen-bond acceptors (Lipinski definition) is 4. The van der Waals surface area contributed by atoms with Crippen LogP contribution in [-0.4, -0.2) is 30.1 Å². The lowest BCUT2D eigenvalue weighted by molar-refractivity contribution is -0.123. The Hall–Kier alpha value is -1.59. The minimum absolute atomic E-state index is 0.217. The Morgan fingerprint density at radius 2 is 2.18 bits per heavy atom. The third-order valence-corrected chi connectivity index (χ3v) is 2.89. The lowest BCUT2D eigenvalue weighted by Gasteiger charge is -2.26. The second-order valence-electron chi connectivity index (χ2n) is 3.68. The molecule has 6 heteroatoms. The van der Waals surface area contributed by atoms with Crippen molar-refractivity contribution in [2.24, 2.45) is 5.10 Å². The molecule has 0 spiro atoms. The Morgan fingerprint density at radius 1 is 1.41 bits per heavy atom. The molecule has 0 bridgehead atoms. The van der Waals surface area contributed by atoms with Gasteiger partial charge in [-0.05, 0) is 5.56 Å². The van der Waals surface area contributed by atoms with Crippen molar-refractivity contribution >= 4 is 23.7 Å². The van der Waals surface area contributed by atoms with Crippen molar-refractivity contribution in [2.45, 2.75) is 11.4 Å². The molecule has 0 radical (unpaired) electrons. The predicted octanol–water partition coefficient (Wildman–Crippen LogP) is 0.221. The lowest BCUT2D eigenvalue weighted by Crippen LogP contribution is -2.59. The predicted molar refractivity (Wildman–Crippen MR) is 66.7 cm³/mol. The van der Waals surface area contributed by atoms with Gasteiger partial charge in [0.25, 0.3) is 5.91 Å². The summed E-state index contributed by atoms with van der Waals surface area (Å²) in [5.41, 5.74) is 9.05. The first-order chi connectivity index (χ1) is 8.27. The van der Waals surface area contributed by atoms with Crippen molar-refractivity contribution in [2.75, 3.05) is 6.54 Å². The fraction of sp³-hybridized carbons (Fsp3) is 0.273. The van der Waals surface area contributed by atoms with Crippen LogP contribution in [0.4, 0.5) is 0 Å². The number of nitrogens with one attached hydrogen (secondary N) is 3. The Bertz CT molecular complexity index is 409. The quantitative estimate of drug-likeness (QED) is 0.410. The molecule has 0 saturated carbocycles. The summed E-state index contributed by atoms with van der Waals surface area (Å²) in [4.78, 5) is 11.2. The Balaban J connectivity index is 1.89. The molecule has 1 aliphatic rings. The van der Waals surface area contributed by atoms with Crippen LogP contribution in [0.25, 0.3) is 0 Å². The van der Waals surface area contributed by atoms with Gasteiger partial charge < -0.3 is 5.43 Å². The summed E-state index contributed by atoms with van der Waals surface area (Å²) in [6.45, 7) is 0.534. The van der Waals surface area contributed by atoms with Crippen LogP contribution in [0, 0.1) is 0 Å². The molecule has 5 nitrogen and oxygen atoms in total. The first kappa shape index (κ1) is 11.9. The molecule has 1 amide bonds. The SMILES string of the molecule is O=C1NNCC(N/N=C\c2ccccc2)C1Cl. The van der Waals surface area contributed by atoms with Crippen LogP contribution < -0.4 is 16.3 Å². The van der Waals surface area contributed by atoms with Gasteiger partial charge in [0, 0.05) is 6.54 Å². The van der Waals surface area contributed by atoms with E-state index in [0.29, 0.717) is 6.54 Å². The molecule has 17 heavy (non-hydrogen) atoms. The van der Waals surface area contributed by atoms with Crippen molar-refractivity contribution in [1.82, 2.24) is 16.3 Å². The molecule has 1 fully saturated rings. The van der Waals surface area contributed by atoms with Gasteiger partial charge in [-0.2, -0.15) is 5.10 Å². The first-order valence-electron chi connectivity index (χ1n) is 5.28. The summed E-state index contributed by atoms with van der Waals surface area (Å²) in [5.74, 6) is -0.245. The molecule has 1 aliphatic heterocycles. The van der Waals surface area contributed by atoms with E-state index in [9.17, 15) is 4.79 Å². The molecule has 90 valence electrons. The van der Waals surface area contributed by atoms with E-state index in [-0.39, 0.29) is 11.9 Å². The number of hydrogen-bond donors (Lipinski definition) is 3. The standard InChI is InChI=1S/C11H13ClN4O/c12-10-9(7-14-16-11(10)17)15-13-6-8-4-2-1-3-5-8/h1-6,9-10,14-15H,7H2,(H,16,17)/b13-6-. The van der Waals surface area contributed by atoms with Crippen molar-refractivity contribution in [3.63, 3.8) is 0 Å². The van der Waals surface area contributed by atoms with Crippen molar-refractivity contribution < 1.29 is 4.79 Å². The average Bonchev–Trinajstić information content (AvgIpc) is 2.36. The van der Waals surface area contributed by atoms with Crippen LogP contribution in [0.5, 0.6) is 0 Å². The number of carbonyl (C=O) groups excluding carboxylic acids is 1. The third-order valence-electron chi connectivity index (χ3n) is 2.39. The van der Waals surface area contributed by atoms with Gasteiger partial charge in [-0.25, -0.2) is 5.43 Å². The molecule has 2 atom stereocenters. The molecule has 3 N–H and O–H groups in total. The minimum atomic E-state index is -0.621. The average molecular weight is 253 g/mol. The summed E-state index contributed by atoms with van der Waals surface area (Å²) in [5, 5.41) is 3.45. The summed E-state index contributed by atoms with van der Waals surface area (Å²) in [7, 11) is 0. The maximum Gasteiger partial charge on any atom is 0.254 e. The van der Waals surface area contributed by atoms with E-state index in [4.69, 9.17) is 11.6 Å². The largest absolute Gasteiger partial charge is 0.304 e. The normalized spacial score (nSPS) is 24.6. The molecule has 0 aromatic heterocycles. The summed E-state index contributed by atoms with van der Waals surface area (Å²) < 4.78 is 0. The van der Waals surface area contributed by atoms with Gasteiger partial charge in [-0.3, -0.25) is 10.2 Å². The zero-order valence-corrected chi connectivity index (χ0v) is 9.82. The van der Waals surface area contributed by atoms with Crippen LogP contribution in [0.15, 0.2) is 35.4 Å². The Morgan fingerprint density at radius 3 is 2.94 bits per heavy atom. The highest BCUT2D eigenvalue weighted by atomic mass is 35.5. The van der Waals surface area contributed by atoms with Crippen molar-refractivity contribution in [3.8, 4) is 0 Å². The highest BCUT2D eigenvalue weighted by Crippen LogP contribution is 2.05. The van der Waals surface area contributed by atoms with E-state index >= 15 is 0 Å². The summed E-state index contributed by atoms with van der Waals surface area (Å²) >= 11 is 5.93. The summed E-state index contributed by atoms with van der Waals surface area (Å²) in [6, 6.07) is 9.47. The van der Waals surface area contributed by atoms with Crippen LogP contribution in [-0.2, 0) is 4.79 Å². The number of rotatable bonds is 3. The number of alkyl halides is 1. The zero-order valence-electron chi connectivity index (χ0n) is 9.06. The van der Waals surface area contributed by atoms with Gasteiger partial charge in [0.15, 0.2) is 0 Å². The van der Waals surface area contributed by atoms with Gasteiger partial charge >= 0.3 is 0 Å². The van der Waals surface area contributed by atoms with Crippen molar-refractivity contribution in [1.29, 1.82) is 0 Å². The molecule has 2 unspecified atom stereocenters. The van der Waals surface area contributed by atoms with Crippen LogP contribution in [0.2, 0.25) is 0 Å². The monoisotopic (exact) mass is 252 g/mol. The maximum absolute atomic E-state index is 11.2. The number of carbonyl (C=O) groups is 1. The summed E-state index contributed by atoms with van der Waals surface area (Å²) in [6.07, 6.45) is 1.69. The van der Waals surface area contributed by atoms with E-state index in [2.05, 4.69) is 21.4 Å². The molecular formula is C11H13ClN4O. The zero-order chi connectivity index (χ0) is 12.1. The Labute approximate surface area is 104 Å². The molecule has 1 saturated heterocycles. The van der Waals surface area contributed by atoms with Crippen LogP contribution in [0.1, 0.15) is 5.56 Å². The third kappa shape index (κ3) is 3.18. The highest BCUT2D eigenvalue weighted by molar-refractivity contribution is 6.31. The fourth-order valence-electron chi connectivity index (χ4n) is 1.46. The van der Waals surface area contributed by atoms with E-state index in [0.717, 1.165) is 5.56 Å². The molecular weight excluding hydrogens is 240 g/mol. The lowest BCUT2D eigenvalue weighted by atomic mass is 10.2. The van der Waals surface area contributed by atoms with E-state index < -0.39 is 5.38 Å². The van der Waals surface area contributed by atoms with E-state index in [1.54, 1.807) is 6.21 Å². The van der Waals surface area contributed by atoms with Crippen LogP contribution in [0.3, 0.4) is 0 Å². The number of amides is 1. The second-order valence-corrected chi connectivity index (χ2v) is 4.15. The van der Waals surface area contributed by atoms with Crippen LogP contribution >= 0.6 is 11.6 Å². The van der Waals surface area contributed by atoms with E-state index in [1.807, 2.05) is 30.3 Å². The van der Waals surface area contributed by atoms with Gasteiger partial charge in [0.2, 0.25) is 0 Å². The maximum atomic E-state index is 11.2. The molecule has 2 rings (SSSR count). The molecule has 1 heterocycles. The molecule has 1 aromatic rings. The van der Waals surface area contributed by atoms with Crippen molar-refractivity contribution in [3.05, 3.63) is 35.9 Å². The molecule has 1 aromatic carbocycles. The van der Waals surface area contributed by atoms with Gasteiger partial charge in [0.1, 0.15) is 5.38 Å². The smallest absolute Gasteiger partial charge is 0.254 e.